The van der Waals surface area contributed by atoms with Gasteiger partial charge in [-0.15, -0.1) is 0 Å². The van der Waals surface area contributed by atoms with E-state index < -0.39 is 36.1 Å². The van der Waals surface area contributed by atoms with Crippen LogP contribution in [0.3, 0.4) is 0 Å². The molecule has 0 saturated carbocycles. The van der Waals surface area contributed by atoms with E-state index >= 15 is 0 Å². The van der Waals surface area contributed by atoms with Gasteiger partial charge in [0.05, 0.1) is 11.3 Å². The SMILES string of the molecule is Cc1ccccc1CN(C(=O)CN1C(=O)C(=O)c2ccccc21)C(C(=O)Nc1ccc(N(C)C)cc1)c1ccc2c(c1)OCO2. The third-order valence-electron chi connectivity index (χ3n) is 8.02. The van der Waals surface area contributed by atoms with Crippen molar-refractivity contribution < 1.29 is 28.7 Å². The highest BCUT2D eigenvalue weighted by Crippen LogP contribution is 2.37. The Morgan fingerprint density at radius 3 is 2.36 bits per heavy atom. The molecule has 4 aromatic carbocycles. The van der Waals surface area contributed by atoms with Crippen LogP contribution in [0.2, 0.25) is 0 Å². The number of ether oxygens (including phenoxy) is 2. The molecular formula is C35H32N4O6. The molecule has 45 heavy (non-hydrogen) atoms. The van der Waals surface area contributed by atoms with E-state index in [4.69, 9.17) is 9.47 Å². The molecule has 0 fully saturated rings. The van der Waals surface area contributed by atoms with Crippen molar-refractivity contribution >= 4 is 40.6 Å². The zero-order chi connectivity index (χ0) is 31.7. The maximum Gasteiger partial charge on any atom is 0.299 e. The molecule has 2 aliphatic rings. The van der Waals surface area contributed by atoms with Gasteiger partial charge < -0.3 is 24.6 Å². The molecule has 0 saturated heterocycles. The topological polar surface area (TPSA) is 108 Å². The van der Waals surface area contributed by atoms with E-state index in [-0.39, 0.29) is 18.9 Å². The van der Waals surface area contributed by atoms with E-state index in [1.165, 1.54) is 9.80 Å². The number of hydrogen-bond acceptors (Lipinski definition) is 7. The number of anilines is 3. The molecule has 10 nitrogen and oxygen atoms in total. The van der Waals surface area contributed by atoms with Crippen LogP contribution in [0.25, 0.3) is 0 Å². The fourth-order valence-corrected chi connectivity index (χ4v) is 5.54. The summed E-state index contributed by atoms with van der Waals surface area (Å²) in [5, 5.41) is 2.98. The van der Waals surface area contributed by atoms with Crippen LogP contribution in [0.5, 0.6) is 11.5 Å². The highest BCUT2D eigenvalue weighted by molar-refractivity contribution is 6.52. The quantitative estimate of drug-likeness (QED) is 0.275. The Balaban J connectivity index is 1.41. The monoisotopic (exact) mass is 604 g/mol. The van der Waals surface area contributed by atoms with Crippen LogP contribution in [-0.4, -0.2) is 55.8 Å². The van der Waals surface area contributed by atoms with Gasteiger partial charge in [-0.1, -0.05) is 42.5 Å². The predicted octanol–water partition coefficient (Wildman–Crippen LogP) is 4.73. The summed E-state index contributed by atoms with van der Waals surface area (Å²) < 4.78 is 11.1. The van der Waals surface area contributed by atoms with Crippen molar-refractivity contribution in [2.75, 3.05) is 42.5 Å². The van der Waals surface area contributed by atoms with Gasteiger partial charge in [0.2, 0.25) is 12.7 Å². The average molecular weight is 605 g/mol. The van der Waals surface area contributed by atoms with Crippen molar-refractivity contribution in [1.82, 2.24) is 4.90 Å². The number of para-hydroxylation sites is 1. The van der Waals surface area contributed by atoms with Crippen molar-refractivity contribution in [2.45, 2.75) is 19.5 Å². The van der Waals surface area contributed by atoms with Gasteiger partial charge in [0.1, 0.15) is 12.6 Å². The molecule has 228 valence electrons. The largest absolute Gasteiger partial charge is 0.454 e. The number of fused-ring (bicyclic) bond motifs is 2. The van der Waals surface area contributed by atoms with Crippen LogP contribution in [-0.2, 0) is 20.9 Å². The van der Waals surface area contributed by atoms with Gasteiger partial charge in [-0.05, 0) is 72.1 Å². The van der Waals surface area contributed by atoms with Gasteiger partial charge in [0, 0.05) is 32.0 Å². The number of carbonyl (C=O) groups is 4. The molecule has 1 N–H and O–H groups in total. The molecule has 4 aromatic rings. The van der Waals surface area contributed by atoms with E-state index in [1.54, 1.807) is 54.6 Å². The van der Waals surface area contributed by atoms with Gasteiger partial charge in [0.15, 0.2) is 11.5 Å². The molecule has 3 amide bonds. The van der Waals surface area contributed by atoms with Gasteiger partial charge in [-0.2, -0.15) is 0 Å². The van der Waals surface area contributed by atoms with E-state index in [9.17, 15) is 19.2 Å². The lowest BCUT2D eigenvalue weighted by atomic mass is 10.0. The lowest BCUT2D eigenvalue weighted by Gasteiger charge is -2.33. The third kappa shape index (κ3) is 5.82. The summed E-state index contributed by atoms with van der Waals surface area (Å²) in [6.07, 6.45) is 0. The number of benzene rings is 4. The van der Waals surface area contributed by atoms with Crippen molar-refractivity contribution in [3.05, 3.63) is 113 Å². The minimum atomic E-state index is -1.14. The van der Waals surface area contributed by atoms with E-state index in [1.807, 2.05) is 62.3 Å². The predicted molar refractivity (Wildman–Crippen MR) is 170 cm³/mol. The molecule has 0 radical (unpaired) electrons. The van der Waals surface area contributed by atoms with E-state index in [0.717, 1.165) is 16.8 Å². The number of nitrogens with zero attached hydrogens (tertiary/aromatic N) is 3. The number of carbonyl (C=O) groups excluding carboxylic acids is 4. The smallest absolute Gasteiger partial charge is 0.299 e. The lowest BCUT2D eigenvalue weighted by molar-refractivity contribution is -0.139. The number of hydrogen-bond donors (Lipinski definition) is 1. The van der Waals surface area contributed by atoms with E-state index in [2.05, 4.69) is 5.32 Å². The summed E-state index contributed by atoms with van der Waals surface area (Å²) >= 11 is 0. The molecule has 1 unspecified atom stereocenters. The Labute approximate surface area is 260 Å². The Bertz CT molecular complexity index is 1800. The molecule has 0 aromatic heterocycles. The molecule has 0 bridgehead atoms. The maximum atomic E-state index is 14.4. The molecule has 0 aliphatic carbocycles. The number of rotatable bonds is 9. The normalized spacial score (nSPS) is 13.8. The van der Waals surface area contributed by atoms with Crippen molar-refractivity contribution in [3.63, 3.8) is 0 Å². The first-order valence-electron chi connectivity index (χ1n) is 14.5. The summed E-state index contributed by atoms with van der Waals surface area (Å²) in [5.41, 5.74) is 4.36. The van der Waals surface area contributed by atoms with Crippen LogP contribution in [0.4, 0.5) is 17.1 Å². The molecule has 10 heteroatoms. The van der Waals surface area contributed by atoms with Crippen LogP contribution in [0, 0.1) is 6.92 Å². The van der Waals surface area contributed by atoms with Crippen LogP contribution in [0.15, 0.2) is 91.0 Å². The Morgan fingerprint density at radius 2 is 1.60 bits per heavy atom. The first kappa shape index (κ1) is 29.4. The number of amides is 3. The molecule has 2 aliphatic heterocycles. The Hall–Kier alpha value is -5.64. The molecule has 0 spiro atoms. The molecule has 2 heterocycles. The summed E-state index contributed by atoms with van der Waals surface area (Å²) in [4.78, 5) is 59.0. The van der Waals surface area contributed by atoms with Crippen molar-refractivity contribution in [3.8, 4) is 11.5 Å². The van der Waals surface area contributed by atoms with Gasteiger partial charge in [-0.3, -0.25) is 24.1 Å². The highest BCUT2D eigenvalue weighted by Gasteiger charge is 2.40. The van der Waals surface area contributed by atoms with Crippen LogP contribution >= 0.6 is 0 Å². The maximum absolute atomic E-state index is 14.4. The third-order valence-corrected chi connectivity index (χ3v) is 8.02. The molecule has 6 rings (SSSR count). The summed E-state index contributed by atoms with van der Waals surface area (Å²) in [6.45, 7) is 1.61. The molecular weight excluding hydrogens is 572 g/mol. The average Bonchev–Trinajstić information content (AvgIpc) is 3.60. The standard InChI is InChI=1S/C35H32N4O6/c1-22-8-4-5-9-24(22)19-39(31(40)20-38-28-11-7-6-10-27(28)33(41)35(38)43)32(23-12-17-29-30(18-23)45-21-44-29)34(42)36-25-13-15-26(16-14-25)37(2)3/h4-18,32H,19-21H2,1-3H3,(H,36,42). The number of ketones is 1. The first-order valence-corrected chi connectivity index (χ1v) is 14.5. The second-order valence-corrected chi connectivity index (χ2v) is 11.1. The Kier molecular flexibility index (Phi) is 7.95. The summed E-state index contributed by atoms with van der Waals surface area (Å²) in [6, 6.07) is 25.5. The minimum Gasteiger partial charge on any atom is -0.454 e. The Morgan fingerprint density at radius 1 is 0.889 bits per heavy atom. The van der Waals surface area contributed by atoms with Gasteiger partial charge >= 0.3 is 0 Å². The van der Waals surface area contributed by atoms with Crippen LogP contribution in [0.1, 0.15) is 33.1 Å². The summed E-state index contributed by atoms with van der Waals surface area (Å²) in [7, 11) is 3.85. The van der Waals surface area contributed by atoms with Crippen molar-refractivity contribution in [1.29, 1.82) is 0 Å². The van der Waals surface area contributed by atoms with Gasteiger partial charge in [-0.25, -0.2) is 0 Å². The fraction of sp³-hybridized carbons (Fsp3) is 0.200. The minimum absolute atomic E-state index is 0.0459. The van der Waals surface area contributed by atoms with Crippen molar-refractivity contribution in [2.24, 2.45) is 0 Å². The first-order chi connectivity index (χ1) is 21.7. The second-order valence-electron chi connectivity index (χ2n) is 11.1. The number of Topliss-reactive ketones (excluding diaryl/α,β-unsaturated/α-hetero) is 1. The summed E-state index contributed by atoms with van der Waals surface area (Å²) in [5.74, 6) is -1.44. The van der Waals surface area contributed by atoms with E-state index in [0.29, 0.717) is 28.4 Å². The fourth-order valence-electron chi connectivity index (χ4n) is 5.54. The zero-order valence-electron chi connectivity index (χ0n) is 25.2. The zero-order valence-corrected chi connectivity index (χ0v) is 25.2. The molecule has 1 atom stereocenters. The van der Waals surface area contributed by atoms with Crippen LogP contribution < -0.4 is 24.6 Å². The highest BCUT2D eigenvalue weighted by atomic mass is 16.7. The number of aryl methyl sites for hydroxylation is 1. The lowest BCUT2D eigenvalue weighted by Crippen LogP contribution is -2.46. The number of nitrogens with one attached hydrogen (secondary N) is 1. The second kappa shape index (κ2) is 12.2. The van der Waals surface area contributed by atoms with Gasteiger partial charge in [0.25, 0.3) is 17.6 Å².